The van der Waals surface area contributed by atoms with E-state index in [1.165, 1.54) is 11.3 Å². The number of ketones is 1. The maximum Gasteiger partial charge on any atom is 0.256 e. The van der Waals surface area contributed by atoms with Crippen molar-refractivity contribution in [3.8, 4) is 0 Å². The predicted octanol–water partition coefficient (Wildman–Crippen LogP) is 4.58. The number of hydrogen-bond acceptors (Lipinski definition) is 4. The molecule has 0 bridgehead atoms. The largest absolute Gasteiger partial charge is 0.452 e. The van der Waals surface area contributed by atoms with Crippen molar-refractivity contribution in [3.63, 3.8) is 0 Å². The molecule has 0 aliphatic heterocycles. The second-order valence-electron chi connectivity index (χ2n) is 4.93. The molecule has 2 heterocycles. The Labute approximate surface area is 124 Å². The Hall–Kier alpha value is -2.46. The molecule has 21 heavy (non-hydrogen) atoms. The molecule has 0 amide bonds. The van der Waals surface area contributed by atoms with Crippen LogP contribution in [0.25, 0.3) is 21.7 Å². The standard InChI is InChI=1S/C17H11NO2S/c1-10-9-21-17(18-10)16(19)15-8-13-12-5-3-2-4-11(12)6-7-14(13)20-15/h2-9H,1H3. The van der Waals surface area contributed by atoms with Crippen LogP contribution in [0.1, 0.15) is 21.3 Å². The molecule has 0 spiro atoms. The number of benzene rings is 2. The number of furan rings is 1. The summed E-state index contributed by atoms with van der Waals surface area (Å²) in [5, 5.41) is 5.52. The van der Waals surface area contributed by atoms with E-state index in [9.17, 15) is 4.79 Å². The highest BCUT2D eigenvalue weighted by Crippen LogP contribution is 2.29. The summed E-state index contributed by atoms with van der Waals surface area (Å²) >= 11 is 1.35. The van der Waals surface area contributed by atoms with Gasteiger partial charge in [0.2, 0.25) is 0 Å². The van der Waals surface area contributed by atoms with E-state index >= 15 is 0 Å². The lowest BCUT2D eigenvalue weighted by molar-refractivity contribution is 0.101. The number of carbonyl (C=O) groups excluding carboxylic acids is 1. The molecule has 3 nitrogen and oxygen atoms in total. The van der Waals surface area contributed by atoms with Crippen LogP contribution in [0.3, 0.4) is 0 Å². The number of hydrogen-bond donors (Lipinski definition) is 0. The number of rotatable bonds is 2. The van der Waals surface area contributed by atoms with Crippen LogP contribution < -0.4 is 0 Å². The molecule has 0 saturated heterocycles. The van der Waals surface area contributed by atoms with E-state index in [1.54, 1.807) is 0 Å². The third kappa shape index (κ3) is 1.96. The van der Waals surface area contributed by atoms with Crippen LogP contribution in [0.15, 0.2) is 52.3 Å². The van der Waals surface area contributed by atoms with Gasteiger partial charge in [-0.05, 0) is 29.8 Å². The number of aryl methyl sites for hydroxylation is 1. The summed E-state index contributed by atoms with van der Waals surface area (Å²) in [6, 6.07) is 13.8. The Morgan fingerprint density at radius 3 is 2.81 bits per heavy atom. The molecule has 4 aromatic rings. The van der Waals surface area contributed by atoms with Gasteiger partial charge in [0.25, 0.3) is 5.78 Å². The van der Waals surface area contributed by atoms with E-state index in [2.05, 4.69) is 4.98 Å². The van der Waals surface area contributed by atoms with Crippen molar-refractivity contribution in [1.82, 2.24) is 4.98 Å². The molecule has 2 aromatic carbocycles. The molecular weight excluding hydrogens is 282 g/mol. The Kier molecular flexibility index (Phi) is 2.65. The highest BCUT2D eigenvalue weighted by Gasteiger charge is 2.18. The molecule has 102 valence electrons. The first-order chi connectivity index (χ1) is 10.2. The van der Waals surface area contributed by atoms with Crippen LogP contribution in [0.4, 0.5) is 0 Å². The molecule has 0 aliphatic rings. The second-order valence-corrected chi connectivity index (χ2v) is 5.79. The van der Waals surface area contributed by atoms with Gasteiger partial charge < -0.3 is 4.42 Å². The van der Waals surface area contributed by atoms with Gasteiger partial charge in [-0.1, -0.05) is 30.3 Å². The highest BCUT2D eigenvalue weighted by molar-refractivity contribution is 7.11. The lowest BCUT2D eigenvalue weighted by atomic mass is 10.1. The number of fused-ring (bicyclic) bond motifs is 3. The van der Waals surface area contributed by atoms with E-state index in [0.717, 1.165) is 27.4 Å². The van der Waals surface area contributed by atoms with Crippen molar-refractivity contribution in [1.29, 1.82) is 0 Å². The van der Waals surface area contributed by atoms with Gasteiger partial charge in [-0.3, -0.25) is 4.79 Å². The molecule has 0 unspecified atom stereocenters. The number of aromatic nitrogens is 1. The van der Waals surface area contributed by atoms with E-state index < -0.39 is 0 Å². The van der Waals surface area contributed by atoms with Crippen molar-refractivity contribution in [2.24, 2.45) is 0 Å². The zero-order valence-corrected chi connectivity index (χ0v) is 12.1. The van der Waals surface area contributed by atoms with Gasteiger partial charge in [-0.2, -0.15) is 0 Å². The molecule has 4 heteroatoms. The predicted molar refractivity (Wildman–Crippen MR) is 84.0 cm³/mol. The zero-order chi connectivity index (χ0) is 14.4. The van der Waals surface area contributed by atoms with Gasteiger partial charge in [0, 0.05) is 16.5 Å². The number of carbonyl (C=O) groups is 1. The minimum atomic E-state index is -0.159. The zero-order valence-electron chi connectivity index (χ0n) is 11.3. The van der Waals surface area contributed by atoms with Gasteiger partial charge >= 0.3 is 0 Å². The molecule has 4 rings (SSSR count). The summed E-state index contributed by atoms with van der Waals surface area (Å²) in [7, 11) is 0. The van der Waals surface area contributed by atoms with Gasteiger partial charge in [-0.15, -0.1) is 11.3 Å². The number of thiazole rings is 1. The Bertz CT molecular complexity index is 981. The van der Waals surface area contributed by atoms with Crippen LogP contribution in [0.2, 0.25) is 0 Å². The lowest BCUT2D eigenvalue weighted by Crippen LogP contribution is -1.98. The third-order valence-electron chi connectivity index (χ3n) is 3.46. The van der Waals surface area contributed by atoms with Gasteiger partial charge in [0.05, 0.1) is 0 Å². The van der Waals surface area contributed by atoms with Crippen LogP contribution >= 0.6 is 11.3 Å². The highest BCUT2D eigenvalue weighted by atomic mass is 32.1. The fourth-order valence-electron chi connectivity index (χ4n) is 2.47. The summed E-state index contributed by atoms with van der Waals surface area (Å²) in [6.45, 7) is 1.87. The van der Waals surface area contributed by atoms with Gasteiger partial charge in [0.1, 0.15) is 5.58 Å². The first-order valence-electron chi connectivity index (χ1n) is 6.60. The molecule has 0 saturated carbocycles. The van der Waals surface area contributed by atoms with Crippen molar-refractivity contribution in [2.75, 3.05) is 0 Å². The monoisotopic (exact) mass is 293 g/mol. The molecule has 0 radical (unpaired) electrons. The smallest absolute Gasteiger partial charge is 0.256 e. The van der Waals surface area contributed by atoms with Crippen LogP contribution in [-0.4, -0.2) is 10.8 Å². The van der Waals surface area contributed by atoms with E-state index in [-0.39, 0.29) is 5.78 Å². The summed E-state index contributed by atoms with van der Waals surface area (Å²) in [5.74, 6) is 0.184. The lowest BCUT2D eigenvalue weighted by Gasteiger charge is -1.96. The minimum Gasteiger partial charge on any atom is -0.452 e. The maximum atomic E-state index is 12.4. The fraction of sp³-hybridized carbons (Fsp3) is 0.0588. The Morgan fingerprint density at radius 2 is 2.00 bits per heavy atom. The molecule has 2 aromatic heterocycles. The second kappa shape index (κ2) is 4.53. The van der Waals surface area contributed by atoms with Crippen molar-refractivity contribution in [2.45, 2.75) is 6.92 Å². The van der Waals surface area contributed by atoms with Crippen molar-refractivity contribution in [3.05, 3.63) is 64.3 Å². The van der Waals surface area contributed by atoms with Gasteiger partial charge in [0.15, 0.2) is 10.8 Å². The maximum absolute atomic E-state index is 12.4. The molecule has 0 N–H and O–H groups in total. The molecular formula is C17H11NO2S. The summed E-state index contributed by atoms with van der Waals surface area (Å²) in [4.78, 5) is 16.6. The van der Waals surface area contributed by atoms with Crippen LogP contribution in [0.5, 0.6) is 0 Å². The average molecular weight is 293 g/mol. The van der Waals surface area contributed by atoms with Crippen LogP contribution in [-0.2, 0) is 0 Å². The van der Waals surface area contributed by atoms with E-state index in [1.807, 2.05) is 54.8 Å². The Balaban J connectivity index is 1.91. The average Bonchev–Trinajstić information content (AvgIpc) is 3.12. The normalized spacial score (nSPS) is 11.3. The van der Waals surface area contributed by atoms with Crippen molar-refractivity contribution < 1.29 is 9.21 Å². The molecule has 0 fully saturated rings. The minimum absolute atomic E-state index is 0.159. The molecule has 0 aliphatic carbocycles. The Morgan fingerprint density at radius 1 is 1.14 bits per heavy atom. The third-order valence-corrected chi connectivity index (χ3v) is 4.42. The quantitative estimate of drug-likeness (QED) is 0.508. The number of nitrogens with zero attached hydrogens (tertiary/aromatic N) is 1. The van der Waals surface area contributed by atoms with Gasteiger partial charge in [-0.25, -0.2) is 4.98 Å². The van der Waals surface area contributed by atoms with E-state index in [0.29, 0.717) is 10.8 Å². The molecule has 0 atom stereocenters. The SMILES string of the molecule is Cc1csc(C(=O)c2cc3c(ccc4ccccc43)o2)n1. The first kappa shape index (κ1) is 12.3. The summed E-state index contributed by atoms with van der Waals surface area (Å²) in [5.41, 5.74) is 1.58. The van der Waals surface area contributed by atoms with E-state index in [4.69, 9.17) is 4.42 Å². The summed E-state index contributed by atoms with van der Waals surface area (Å²) < 4.78 is 5.72. The van der Waals surface area contributed by atoms with Crippen molar-refractivity contribution >= 4 is 38.9 Å². The van der Waals surface area contributed by atoms with Crippen LogP contribution in [0, 0.1) is 6.92 Å². The fourth-order valence-corrected chi connectivity index (χ4v) is 3.21. The first-order valence-corrected chi connectivity index (χ1v) is 7.48. The summed E-state index contributed by atoms with van der Waals surface area (Å²) in [6.07, 6.45) is 0. The topological polar surface area (TPSA) is 43.1 Å².